The second-order valence-electron chi connectivity index (χ2n) is 3.64. The summed E-state index contributed by atoms with van der Waals surface area (Å²) in [6, 6.07) is 7.36. The third kappa shape index (κ3) is 1.59. The van der Waals surface area contributed by atoms with Gasteiger partial charge in [0, 0.05) is 18.7 Å². The molecule has 2 aromatic heterocycles. The molecule has 0 spiro atoms. The minimum absolute atomic E-state index is 0.447. The number of anilines is 1. The van der Waals surface area contributed by atoms with Crippen LogP contribution >= 0.6 is 0 Å². The Balaban J connectivity index is 2.13. The van der Waals surface area contributed by atoms with E-state index in [0.29, 0.717) is 11.1 Å². The zero-order valence-electron chi connectivity index (χ0n) is 9.07. The van der Waals surface area contributed by atoms with Crippen molar-refractivity contribution in [3.63, 3.8) is 0 Å². The lowest BCUT2D eigenvalue weighted by Gasteiger charge is -1.95. The van der Waals surface area contributed by atoms with Crippen LogP contribution in [0.2, 0.25) is 0 Å². The summed E-state index contributed by atoms with van der Waals surface area (Å²) in [6.07, 6.45) is 0. The maximum atomic E-state index is 11.0. The van der Waals surface area contributed by atoms with Gasteiger partial charge in [0.05, 0.1) is 11.2 Å². The first-order chi connectivity index (χ1) is 8.26. The summed E-state index contributed by atoms with van der Waals surface area (Å²) in [5, 5.41) is 9.90. The summed E-state index contributed by atoms with van der Waals surface area (Å²) in [6.45, 7) is 0. The van der Waals surface area contributed by atoms with Gasteiger partial charge >= 0.3 is 5.76 Å². The van der Waals surface area contributed by atoms with Crippen LogP contribution in [-0.4, -0.2) is 22.2 Å². The van der Waals surface area contributed by atoms with Crippen molar-refractivity contribution in [2.75, 3.05) is 12.4 Å². The number of H-pyrrole nitrogens is 2. The van der Waals surface area contributed by atoms with Crippen molar-refractivity contribution in [2.45, 2.75) is 0 Å². The summed E-state index contributed by atoms with van der Waals surface area (Å²) in [4.78, 5) is 13.6. The SMILES string of the molecule is CNc1cc(-c2ccc3[nH]c(=O)oc3c2)[nH]n1. The van der Waals surface area contributed by atoms with Crippen molar-refractivity contribution in [2.24, 2.45) is 0 Å². The average molecular weight is 230 g/mol. The largest absolute Gasteiger partial charge is 0.417 e. The first kappa shape index (κ1) is 9.71. The quantitative estimate of drug-likeness (QED) is 0.623. The van der Waals surface area contributed by atoms with Crippen LogP contribution in [0.4, 0.5) is 5.82 Å². The molecule has 86 valence electrons. The lowest BCUT2D eigenvalue weighted by molar-refractivity contribution is 0.555. The minimum atomic E-state index is -0.447. The molecule has 0 radical (unpaired) electrons. The number of aromatic amines is 2. The summed E-state index contributed by atoms with van der Waals surface area (Å²) in [7, 11) is 1.80. The topological polar surface area (TPSA) is 86.7 Å². The Hall–Kier alpha value is -2.50. The molecule has 0 aliphatic rings. The Labute approximate surface area is 95.7 Å². The molecule has 3 aromatic rings. The van der Waals surface area contributed by atoms with E-state index in [0.717, 1.165) is 17.1 Å². The van der Waals surface area contributed by atoms with E-state index in [1.54, 1.807) is 19.2 Å². The van der Waals surface area contributed by atoms with E-state index >= 15 is 0 Å². The molecule has 0 unspecified atom stereocenters. The molecule has 6 heteroatoms. The lowest BCUT2D eigenvalue weighted by Crippen LogP contribution is -1.92. The van der Waals surface area contributed by atoms with Crippen LogP contribution in [0.1, 0.15) is 0 Å². The molecule has 17 heavy (non-hydrogen) atoms. The highest BCUT2D eigenvalue weighted by Gasteiger charge is 2.06. The highest BCUT2D eigenvalue weighted by molar-refractivity contribution is 5.79. The zero-order chi connectivity index (χ0) is 11.8. The molecular formula is C11H10N4O2. The number of rotatable bonds is 2. The Morgan fingerprint density at radius 3 is 3.00 bits per heavy atom. The molecule has 0 aliphatic heterocycles. The Bertz CT molecular complexity index is 722. The molecule has 2 heterocycles. The van der Waals surface area contributed by atoms with E-state index in [1.807, 2.05) is 12.1 Å². The van der Waals surface area contributed by atoms with E-state index < -0.39 is 5.76 Å². The third-order valence-electron chi connectivity index (χ3n) is 2.57. The Morgan fingerprint density at radius 1 is 1.35 bits per heavy atom. The van der Waals surface area contributed by atoms with Gasteiger partial charge in [-0.25, -0.2) is 4.79 Å². The fourth-order valence-corrected chi connectivity index (χ4v) is 1.71. The van der Waals surface area contributed by atoms with Gasteiger partial charge in [-0.15, -0.1) is 0 Å². The van der Waals surface area contributed by atoms with Crippen molar-refractivity contribution < 1.29 is 4.42 Å². The molecule has 6 nitrogen and oxygen atoms in total. The van der Waals surface area contributed by atoms with Crippen LogP contribution in [0, 0.1) is 0 Å². The van der Waals surface area contributed by atoms with Crippen LogP contribution in [0.5, 0.6) is 0 Å². The van der Waals surface area contributed by atoms with Crippen LogP contribution in [0.3, 0.4) is 0 Å². The Kier molecular flexibility index (Phi) is 2.01. The number of aromatic nitrogens is 3. The van der Waals surface area contributed by atoms with Gasteiger partial charge < -0.3 is 9.73 Å². The summed E-state index contributed by atoms with van der Waals surface area (Å²) < 4.78 is 5.00. The van der Waals surface area contributed by atoms with Gasteiger partial charge in [0.1, 0.15) is 5.82 Å². The van der Waals surface area contributed by atoms with Gasteiger partial charge in [0.2, 0.25) is 0 Å². The molecule has 0 aliphatic carbocycles. The molecule has 1 aromatic carbocycles. The molecular weight excluding hydrogens is 220 g/mol. The number of oxazole rings is 1. The molecule has 0 saturated carbocycles. The fourth-order valence-electron chi connectivity index (χ4n) is 1.71. The van der Waals surface area contributed by atoms with Crippen LogP contribution < -0.4 is 11.1 Å². The van der Waals surface area contributed by atoms with Crippen molar-refractivity contribution in [1.29, 1.82) is 0 Å². The smallest absolute Gasteiger partial charge is 0.408 e. The van der Waals surface area contributed by atoms with Crippen LogP contribution in [0.25, 0.3) is 22.4 Å². The summed E-state index contributed by atoms with van der Waals surface area (Å²) in [5.41, 5.74) is 2.99. The molecule has 0 atom stereocenters. The van der Waals surface area contributed by atoms with Crippen molar-refractivity contribution >= 4 is 16.9 Å². The summed E-state index contributed by atoms with van der Waals surface area (Å²) in [5.74, 6) is 0.313. The van der Waals surface area contributed by atoms with Gasteiger partial charge in [-0.3, -0.25) is 10.1 Å². The van der Waals surface area contributed by atoms with Crippen LogP contribution in [0.15, 0.2) is 33.5 Å². The molecule has 3 N–H and O–H groups in total. The third-order valence-corrected chi connectivity index (χ3v) is 2.57. The molecule has 0 amide bonds. The van der Waals surface area contributed by atoms with E-state index in [2.05, 4.69) is 20.5 Å². The zero-order valence-corrected chi connectivity index (χ0v) is 9.07. The summed E-state index contributed by atoms with van der Waals surface area (Å²) >= 11 is 0. The molecule has 3 rings (SSSR count). The second kappa shape index (κ2) is 3.51. The predicted octanol–water partition coefficient (Wildman–Crippen LogP) is 1.55. The number of benzene rings is 1. The second-order valence-corrected chi connectivity index (χ2v) is 3.64. The standard InChI is InChI=1S/C11H10N4O2/c1-12-10-5-8(14-15-10)6-2-3-7-9(4-6)17-11(16)13-7/h2-5H,1H3,(H,13,16)(H2,12,14,15). The van der Waals surface area contributed by atoms with Crippen molar-refractivity contribution in [1.82, 2.24) is 15.2 Å². The number of hydrogen-bond acceptors (Lipinski definition) is 4. The monoisotopic (exact) mass is 230 g/mol. The first-order valence-electron chi connectivity index (χ1n) is 5.12. The van der Waals surface area contributed by atoms with E-state index in [-0.39, 0.29) is 0 Å². The van der Waals surface area contributed by atoms with E-state index in [9.17, 15) is 4.79 Å². The van der Waals surface area contributed by atoms with Gasteiger partial charge in [-0.1, -0.05) is 6.07 Å². The lowest BCUT2D eigenvalue weighted by atomic mass is 10.1. The number of fused-ring (bicyclic) bond motifs is 1. The van der Waals surface area contributed by atoms with Gasteiger partial charge in [0.25, 0.3) is 0 Å². The van der Waals surface area contributed by atoms with Crippen molar-refractivity contribution in [3.05, 3.63) is 34.8 Å². The maximum absolute atomic E-state index is 11.0. The highest BCUT2D eigenvalue weighted by Crippen LogP contribution is 2.22. The maximum Gasteiger partial charge on any atom is 0.417 e. The molecule has 0 fully saturated rings. The molecule has 0 saturated heterocycles. The normalized spacial score (nSPS) is 10.9. The predicted molar refractivity (Wildman–Crippen MR) is 64.0 cm³/mol. The number of hydrogen-bond donors (Lipinski definition) is 3. The van der Waals surface area contributed by atoms with E-state index in [1.165, 1.54) is 0 Å². The minimum Gasteiger partial charge on any atom is -0.408 e. The van der Waals surface area contributed by atoms with Gasteiger partial charge in [-0.05, 0) is 12.1 Å². The Morgan fingerprint density at radius 2 is 2.24 bits per heavy atom. The first-order valence-corrected chi connectivity index (χ1v) is 5.12. The highest BCUT2D eigenvalue weighted by atomic mass is 16.4. The fraction of sp³-hybridized carbons (Fsp3) is 0.0909. The van der Waals surface area contributed by atoms with Gasteiger partial charge in [-0.2, -0.15) is 5.10 Å². The van der Waals surface area contributed by atoms with E-state index in [4.69, 9.17) is 4.42 Å². The average Bonchev–Trinajstić information content (AvgIpc) is 2.92. The number of nitrogens with zero attached hydrogens (tertiary/aromatic N) is 1. The number of nitrogens with one attached hydrogen (secondary N) is 3. The van der Waals surface area contributed by atoms with Crippen LogP contribution in [-0.2, 0) is 0 Å². The van der Waals surface area contributed by atoms with Gasteiger partial charge in [0.15, 0.2) is 5.58 Å². The molecule has 0 bridgehead atoms. The van der Waals surface area contributed by atoms with Crippen molar-refractivity contribution in [3.8, 4) is 11.3 Å².